The van der Waals surface area contributed by atoms with Crippen LogP contribution in [0, 0.1) is 6.92 Å². The van der Waals surface area contributed by atoms with Gasteiger partial charge in [-0.15, -0.1) is 0 Å². The van der Waals surface area contributed by atoms with Crippen LogP contribution >= 0.6 is 0 Å². The van der Waals surface area contributed by atoms with Crippen LogP contribution in [0.1, 0.15) is 24.5 Å². The monoisotopic (exact) mass is 374 g/mol. The van der Waals surface area contributed by atoms with Gasteiger partial charge in [0.2, 0.25) is 15.9 Å². The van der Waals surface area contributed by atoms with Crippen LogP contribution < -0.4 is 4.90 Å². The molecule has 0 N–H and O–H groups in total. The third-order valence-corrected chi connectivity index (χ3v) is 5.59. The second-order valence-electron chi connectivity index (χ2n) is 6.25. The second-order valence-corrected chi connectivity index (χ2v) is 8.23. The number of amides is 1. The number of sulfonamides is 1. The van der Waals surface area contributed by atoms with Gasteiger partial charge in [0.1, 0.15) is 0 Å². The van der Waals surface area contributed by atoms with E-state index in [2.05, 4.69) is 0 Å². The molecule has 0 spiro atoms. The van der Waals surface area contributed by atoms with Crippen LogP contribution in [0.3, 0.4) is 0 Å². The first kappa shape index (κ1) is 20.1. The summed E-state index contributed by atoms with van der Waals surface area (Å²) in [7, 11) is -3.41. The summed E-state index contributed by atoms with van der Waals surface area (Å²) in [6.07, 6.45) is 1.33. The minimum absolute atomic E-state index is 0.0860. The Labute approximate surface area is 156 Å². The Morgan fingerprint density at radius 1 is 1.00 bits per heavy atom. The molecule has 0 heterocycles. The lowest BCUT2D eigenvalue weighted by atomic mass is 10.1. The third-order valence-electron chi connectivity index (χ3n) is 4.34. The molecule has 140 valence electrons. The van der Waals surface area contributed by atoms with Crippen LogP contribution in [0.4, 0.5) is 5.69 Å². The predicted octanol–water partition coefficient (Wildman–Crippen LogP) is 3.20. The molecule has 0 saturated carbocycles. The van der Waals surface area contributed by atoms with Gasteiger partial charge in [-0.25, -0.2) is 8.42 Å². The van der Waals surface area contributed by atoms with E-state index in [4.69, 9.17) is 0 Å². The number of aryl methyl sites for hydroxylation is 1. The highest BCUT2D eigenvalue weighted by atomic mass is 32.2. The zero-order chi connectivity index (χ0) is 19.2. The molecule has 0 aliphatic rings. The molecule has 2 aromatic carbocycles. The molecule has 0 radical (unpaired) electrons. The van der Waals surface area contributed by atoms with E-state index in [0.29, 0.717) is 6.54 Å². The topological polar surface area (TPSA) is 57.7 Å². The van der Waals surface area contributed by atoms with Crippen LogP contribution in [0.5, 0.6) is 0 Å². The van der Waals surface area contributed by atoms with Crippen molar-refractivity contribution in [2.45, 2.75) is 26.8 Å². The Kier molecular flexibility index (Phi) is 6.94. The number of para-hydroxylation sites is 1. The molecule has 0 bridgehead atoms. The minimum Gasteiger partial charge on any atom is -0.313 e. The molecule has 2 rings (SSSR count). The number of hydrogen-bond acceptors (Lipinski definition) is 3. The number of carbonyl (C=O) groups excluding carboxylic acids is 1. The quantitative estimate of drug-likeness (QED) is 0.713. The van der Waals surface area contributed by atoms with Gasteiger partial charge < -0.3 is 4.90 Å². The fourth-order valence-electron chi connectivity index (χ4n) is 2.81. The number of carbonyl (C=O) groups is 1. The number of anilines is 1. The van der Waals surface area contributed by atoms with Crippen LogP contribution in [-0.4, -0.2) is 38.0 Å². The van der Waals surface area contributed by atoms with Crippen molar-refractivity contribution in [2.24, 2.45) is 0 Å². The molecule has 26 heavy (non-hydrogen) atoms. The van der Waals surface area contributed by atoms with Crippen molar-refractivity contribution in [2.75, 3.05) is 24.2 Å². The number of rotatable bonds is 8. The maximum absolute atomic E-state index is 12.6. The molecular weight excluding hydrogens is 348 g/mol. The van der Waals surface area contributed by atoms with Crippen molar-refractivity contribution in [3.63, 3.8) is 0 Å². The van der Waals surface area contributed by atoms with Crippen molar-refractivity contribution in [3.8, 4) is 0 Å². The summed E-state index contributed by atoms with van der Waals surface area (Å²) >= 11 is 0. The van der Waals surface area contributed by atoms with E-state index in [1.165, 1.54) is 10.6 Å². The van der Waals surface area contributed by atoms with Crippen molar-refractivity contribution in [3.05, 3.63) is 65.7 Å². The summed E-state index contributed by atoms with van der Waals surface area (Å²) in [6.45, 7) is 4.84. The summed E-state index contributed by atoms with van der Waals surface area (Å²) in [5.74, 6) is -0.0860. The molecule has 0 fully saturated rings. The third kappa shape index (κ3) is 5.41. The van der Waals surface area contributed by atoms with Crippen molar-refractivity contribution in [1.29, 1.82) is 0 Å². The summed E-state index contributed by atoms with van der Waals surface area (Å²) in [5.41, 5.74) is 2.80. The number of nitrogens with zero attached hydrogens (tertiary/aromatic N) is 2. The van der Waals surface area contributed by atoms with Crippen LogP contribution in [0.2, 0.25) is 0 Å². The lowest BCUT2D eigenvalue weighted by Gasteiger charge is -2.24. The van der Waals surface area contributed by atoms with Gasteiger partial charge >= 0.3 is 0 Å². The SMILES string of the molecule is CCN(C(=O)CCN(Cc1ccccc1C)S(C)(=O)=O)c1ccccc1. The normalized spacial score (nSPS) is 11.5. The van der Waals surface area contributed by atoms with Gasteiger partial charge in [0, 0.05) is 31.7 Å². The van der Waals surface area contributed by atoms with E-state index in [0.717, 1.165) is 16.8 Å². The van der Waals surface area contributed by atoms with E-state index in [1.807, 2.05) is 68.4 Å². The highest BCUT2D eigenvalue weighted by molar-refractivity contribution is 7.88. The number of hydrogen-bond donors (Lipinski definition) is 0. The maximum atomic E-state index is 12.6. The average Bonchev–Trinajstić information content (AvgIpc) is 2.60. The molecule has 0 saturated heterocycles. The summed E-state index contributed by atoms with van der Waals surface area (Å²) < 4.78 is 25.7. The van der Waals surface area contributed by atoms with Crippen LogP contribution in [0.15, 0.2) is 54.6 Å². The van der Waals surface area contributed by atoms with Gasteiger partial charge in [-0.3, -0.25) is 4.79 Å². The molecule has 5 nitrogen and oxygen atoms in total. The molecule has 0 aliphatic carbocycles. The molecule has 1 amide bonds. The van der Waals surface area contributed by atoms with Gasteiger partial charge in [-0.2, -0.15) is 4.31 Å². The summed E-state index contributed by atoms with van der Waals surface area (Å²) in [5, 5.41) is 0. The number of benzene rings is 2. The largest absolute Gasteiger partial charge is 0.313 e. The lowest BCUT2D eigenvalue weighted by Crippen LogP contribution is -2.36. The first-order valence-electron chi connectivity index (χ1n) is 8.68. The van der Waals surface area contributed by atoms with Gasteiger partial charge in [0.05, 0.1) is 6.26 Å². The highest BCUT2D eigenvalue weighted by Crippen LogP contribution is 2.16. The Morgan fingerprint density at radius 3 is 2.19 bits per heavy atom. The van der Waals surface area contributed by atoms with E-state index in [1.54, 1.807) is 4.90 Å². The van der Waals surface area contributed by atoms with Gasteiger partial charge in [-0.1, -0.05) is 42.5 Å². The van der Waals surface area contributed by atoms with E-state index >= 15 is 0 Å². The van der Waals surface area contributed by atoms with Crippen LogP contribution in [-0.2, 0) is 21.4 Å². The maximum Gasteiger partial charge on any atom is 0.228 e. The zero-order valence-corrected chi connectivity index (χ0v) is 16.4. The zero-order valence-electron chi connectivity index (χ0n) is 15.6. The predicted molar refractivity (Wildman–Crippen MR) is 106 cm³/mol. The first-order chi connectivity index (χ1) is 12.3. The second kappa shape index (κ2) is 8.96. The van der Waals surface area contributed by atoms with Crippen molar-refractivity contribution in [1.82, 2.24) is 4.31 Å². The Hall–Kier alpha value is -2.18. The molecule has 6 heteroatoms. The van der Waals surface area contributed by atoms with Gasteiger partial charge in [0.15, 0.2) is 0 Å². The smallest absolute Gasteiger partial charge is 0.228 e. The standard InChI is InChI=1S/C20H26N2O3S/c1-4-22(19-12-6-5-7-13-19)20(23)14-15-21(26(3,24)25)16-18-11-9-8-10-17(18)2/h5-13H,4,14-16H2,1-3H3. The molecule has 0 atom stereocenters. The highest BCUT2D eigenvalue weighted by Gasteiger charge is 2.21. The lowest BCUT2D eigenvalue weighted by molar-refractivity contribution is -0.118. The summed E-state index contributed by atoms with van der Waals surface area (Å²) in [6, 6.07) is 17.1. The molecule has 0 aromatic heterocycles. The molecule has 0 unspecified atom stereocenters. The van der Waals surface area contributed by atoms with Gasteiger partial charge in [-0.05, 0) is 37.1 Å². The Bertz CT molecular complexity index is 835. The summed E-state index contributed by atoms with van der Waals surface area (Å²) in [4.78, 5) is 14.3. The Balaban J connectivity index is 2.09. The first-order valence-corrected chi connectivity index (χ1v) is 10.5. The molecule has 2 aromatic rings. The average molecular weight is 375 g/mol. The fraction of sp³-hybridized carbons (Fsp3) is 0.350. The molecule has 0 aliphatic heterocycles. The fourth-order valence-corrected chi connectivity index (χ4v) is 3.60. The van der Waals surface area contributed by atoms with E-state index in [9.17, 15) is 13.2 Å². The van der Waals surface area contributed by atoms with Crippen molar-refractivity contribution < 1.29 is 13.2 Å². The minimum atomic E-state index is -3.41. The van der Waals surface area contributed by atoms with Crippen LogP contribution in [0.25, 0.3) is 0 Å². The van der Waals surface area contributed by atoms with E-state index < -0.39 is 10.0 Å². The molecular formula is C20H26N2O3S. The van der Waals surface area contributed by atoms with E-state index in [-0.39, 0.29) is 25.4 Å². The Morgan fingerprint density at radius 2 is 1.62 bits per heavy atom. The van der Waals surface area contributed by atoms with Crippen molar-refractivity contribution >= 4 is 21.6 Å². The van der Waals surface area contributed by atoms with Gasteiger partial charge in [0.25, 0.3) is 0 Å².